The van der Waals surface area contributed by atoms with Crippen LogP contribution >= 0.6 is 0 Å². The van der Waals surface area contributed by atoms with Gasteiger partial charge in [0.1, 0.15) is 5.78 Å². The number of esters is 2. The number of hydrogen-bond acceptors (Lipinski definition) is 6. The minimum atomic E-state index is -0.479. The van der Waals surface area contributed by atoms with Gasteiger partial charge in [0.05, 0.1) is 0 Å². The summed E-state index contributed by atoms with van der Waals surface area (Å²) in [5.74, 6) is 0.430. The van der Waals surface area contributed by atoms with Crippen LogP contribution in [0.4, 0.5) is 0 Å². The monoisotopic (exact) mass is 373 g/mol. The highest BCUT2D eigenvalue weighted by atomic mass is 16.6. The van der Waals surface area contributed by atoms with Gasteiger partial charge in [-0.25, -0.2) is 0 Å². The molecule has 1 saturated heterocycles. The third-order valence-corrected chi connectivity index (χ3v) is 5.24. The Labute approximate surface area is 159 Å². The van der Waals surface area contributed by atoms with Crippen LogP contribution in [0.25, 0.3) is 0 Å². The molecular formula is C21H27NO5. The van der Waals surface area contributed by atoms with E-state index < -0.39 is 11.9 Å². The topological polar surface area (TPSA) is 72.9 Å². The summed E-state index contributed by atoms with van der Waals surface area (Å²) < 4.78 is 10.5. The van der Waals surface area contributed by atoms with Crippen molar-refractivity contribution >= 4 is 17.7 Å². The average Bonchev–Trinajstić information content (AvgIpc) is 2.55. The quantitative estimate of drug-likeness (QED) is 0.597. The van der Waals surface area contributed by atoms with Gasteiger partial charge < -0.3 is 9.47 Å². The number of hydrogen-bond donors (Lipinski definition) is 0. The van der Waals surface area contributed by atoms with Gasteiger partial charge in [-0.05, 0) is 42.0 Å². The Balaban J connectivity index is 1.92. The van der Waals surface area contributed by atoms with Crippen molar-refractivity contribution in [3.05, 3.63) is 23.3 Å². The number of carbonyl (C=O) groups is 3. The fraction of sp³-hybridized carbons (Fsp3) is 0.571. The zero-order chi connectivity index (χ0) is 19.7. The van der Waals surface area contributed by atoms with Gasteiger partial charge in [0.15, 0.2) is 11.5 Å². The zero-order valence-corrected chi connectivity index (χ0v) is 16.4. The summed E-state index contributed by atoms with van der Waals surface area (Å²) in [7, 11) is 0. The van der Waals surface area contributed by atoms with E-state index in [0.29, 0.717) is 18.1 Å². The molecule has 2 atom stereocenters. The highest BCUT2D eigenvalue weighted by Crippen LogP contribution is 2.42. The standard InChI is InChI=1S/C21H27NO5/c1-12(2)7-16-11-22-6-5-15-8-20(26-13(3)23)21(27-14(4)24)9-17(15)18(22)10-19(16)25/h8-9,12,16,18H,5-7,10-11H2,1-4H3. The van der Waals surface area contributed by atoms with Crippen molar-refractivity contribution in [1.29, 1.82) is 0 Å². The van der Waals surface area contributed by atoms with Crippen LogP contribution < -0.4 is 9.47 Å². The van der Waals surface area contributed by atoms with Crippen LogP contribution in [0, 0.1) is 11.8 Å². The number of nitrogens with zero attached hydrogens (tertiary/aromatic N) is 1. The van der Waals surface area contributed by atoms with Gasteiger partial charge in [0, 0.05) is 45.3 Å². The Bertz CT molecular complexity index is 770. The van der Waals surface area contributed by atoms with Gasteiger partial charge in [-0.1, -0.05) is 13.8 Å². The zero-order valence-electron chi connectivity index (χ0n) is 16.4. The first kappa shape index (κ1) is 19.5. The lowest BCUT2D eigenvalue weighted by Gasteiger charge is -2.43. The number of rotatable bonds is 4. The number of Topliss-reactive ketones (excluding diaryl/α,β-unsaturated/α-hetero) is 1. The molecule has 2 aliphatic rings. The van der Waals surface area contributed by atoms with Crippen LogP contribution in [0.1, 0.15) is 57.7 Å². The van der Waals surface area contributed by atoms with Gasteiger partial charge in [0.2, 0.25) is 0 Å². The molecule has 0 radical (unpaired) electrons. The molecule has 6 heteroatoms. The first-order chi connectivity index (χ1) is 12.7. The predicted octanol–water partition coefficient (Wildman–Crippen LogP) is 3.07. The maximum atomic E-state index is 12.7. The molecule has 146 valence electrons. The van der Waals surface area contributed by atoms with Crippen molar-refractivity contribution in [2.75, 3.05) is 13.1 Å². The van der Waals surface area contributed by atoms with Crippen LogP contribution in [-0.4, -0.2) is 35.7 Å². The molecule has 1 fully saturated rings. The number of benzene rings is 1. The van der Waals surface area contributed by atoms with E-state index in [9.17, 15) is 14.4 Å². The lowest BCUT2D eigenvalue weighted by Crippen LogP contribution is -2.46. The maximum Gasteiger partial charge on any atom is 0.308 e. The fourth-order valence-corrected chi connectivity index (χ4v) is 4.21. The third-order valence-electron chi connectivity index (χ3n) is 5.24. The van der Waals surface area contributed by atoms with Gasteiger partial charge >= 0.3 is 11.9 Å². The molecule has 3 rings (SSSR count). The molecule has 2 aliphatic heterocycles. The fourth-order valence-electron chi connectivity index (χ4n) is 4.21. The van der Waals surface area contributed by atoms with E-state index in [4.69, 9.17) is 9.47 Å². The van der Waals surface area contributed by atoms with Crippen LogP contribution in [-0.2, 0) is 20.8 Å². The van der Waals surface area contributed by atoms with Crippen LogP contribution in [0.15, 0.2) is 12.1 Å². The van der Waals surface area contributed by atoms with Crippen LogP contribution in [0.3, 0.4) is 0 Å². The van der Waals surface area contributed by atoms with Crippen LogP contribution in [0.2, 0.25) is 0 Å². The lowest BCUT2D eigenvalue weighted by molar-refractivity contribution is -0.134. The Morgan fingerprint density at radius 3 is 2.37 bits per heavy atom. The summed E-state index contributed by atoms with van der Waals surface area (Å²) in [5, 5.41) is 0. The van der Waals surface area contributed by atoms with Gasteiger partial charge in [-0.3, -0.25) is 19.3 Å². The highest BCUT2D eigenvalue weighted by Gasteiger charge is 2.38. The Morgan fingerprint density at radius 1 is 1.15 bits per heavy atom. The summed E-state index contributed by atoms with van der Waals surface area (Å²) in [4.78, 5) is 37.9. The van der Waals surface area contributed by atoms with E-state index in [1.54, 1.807) is 12.1 Å². The van der Waals surface area contributed by atoms with E-state index in [1.165, 1.54) is 13.8 Å². The van der Waals surface area contributed by atoms with E-state index in [-0.39, 0.29) is 23.5 Å². The molecule has 1 aromatic rings. The summed E-state index contributed by atoms with van der Waals surface area (Å²) in [6, 6.07) is 3.53. The first-order valence-corrected chi connectivity index (χ1v) is 9.55. The molecule has 0 spiro atoms. The molecule has 6 nitrogen and oxygen atoms in total. The normalized spacial score (nSPS) is 22.2. The molecule has 0 aliphatic carbocycles. The Hall–Kier alpha value is -2.21. The number of ketones is 1. The van der Waals surface area contributed by atoms with E-state index in [0.717, 1.165) is 37.1 Å². The molecule has 0 amide bonds. The Morgan fingerprint density at radius 2 is 1.78 bits per heavy atom. The molecule has 2 heterocycles. The SMILES string of the molecule is CC(=O)Oc1cc2c(cc1OC(C)=O)C1CC(=O)C(CC(C)C)CN1CC2. The predicted molar refractivity (Wildman–Crippen MR) is 99.6 cm³/mol. The second kappa shape index (κ2) is 7.80. The van der Waals surface area contributed by atoms with Crippen molar-refractivity contribution in [2.24, 2.45) is 11.8 Å². The van der Waals surface area contributed by atoms with Gasteiger partial charge in [-0.2, -0.15) is 0 Å². The van der Waals surface area contributed by atoms with Crippen molar-refractivity contribution in [1.82, 2.24) is 4.90 Å². The lowest BCUT2D eigenvalue weighted by atomic mass is 9.80. The summed E-state index contributed by atoms with van der Waals surface area (Å²) in [6.45, 7) is 8.55. The summed E-state index contributed by atoms with van der Waals surface area (Å²) >= 11 is 0. The molecule has 0 saturated carbocycles. The third kappa shape index (κ3) is 4.38. The van der Waals surface area contributed by atoms with Gasteiger partial charge in [0.25, 0.3) is 0 Å². The van der Waals surface area contributed by atoms with Crippen molar-refractivity contribution in [2.45, 2.75) is 53.0 Å². The molecule has 1 aromatic carbocycles. The summed E-state index contributed by atoms with van der Waals surface area (Å²) in [5.41, 5.74) is 2.03. The van der Waals surface area contributed by atoms with Crippen molar-refractivity contribution in [3.8, 4) is 11.5 Å². The smallest absolute Gasteiger partial charge is 0.308 e. The number of ether oxygens (including phenoxy) is 2. The molecule has 0 bridgehead atoms. The van der Waals surface area contributed by atoms with Gasteiger partial charge in [-0.15, -0.1) is 0 Å². The minimum absolute atomic E-state index is 0.00894. The number of fused-ring (bicyclic) bond motifs is 3. The summed E-state index contributed by atoms with van der Waals surface area (Å²) in [6.07, 6.45) is 2.19. The van der Waals surface area contributed by atoms with Crippen molar-refractivity contribution in [3.63, 3.8) is 0 Å². The number of piperidine rings is 1. The Kier molecular flexibility index (Phi) is 5.65. The number of carbonyl (C=O) groups excluding carboxylic acids is 3. The first-order valence-electron chi connectivity index (χ1n) is 9.55. The van der Waals surface area contributed by atoms with E-state index in [2.05, 4.69) is 18.7 Å². The van der Waals surface area contributed by atoms with Crippen LogP contribution in [0.5, 0.6) is 11.5 Å². The molecule has 0 aromatic heterocycles. The largest absolute Gasteiger partial charge is 0.423 e. The van der Waals surface area contributed by atoms with E-state index in [1.807, 2.05) is 0 Å². The second-order valence-corrected chi connectivity index (χ2v) is 7.94. The molecule has 0 N–H and O–H groups in total. The van der Waals surface area contributed by atoms with E-state index >= 15 is 0 Å². The van der Waals surface area contributed by atoms with Crippen molar-refractivity contribution < 1.29 is 23.9 Å². The highest BCUT2D eigenvalue weighted by molar-refractivity contribution is 5.83. The minimum Gasteiger partial charge on any atom is -0.423 e. The molecule has 27 heavy (non-hydrogen) atoms. The molecule has 2 unspecified atom stereocenters. The maximum absolute atomic E-state index is 12.7. The molecular weight excluding hydrogens is 346 g/mol. The second-order valence-electron chi connectivity index (χ2n) is 7.94. The average molecular weight is 373 g/mol.